The number of thiazole rings is 1. The van der Waals surface area contributed by atoms with E-state index in [1.807, 2.05) is 0 Å². The van der Waals surface area contributed by atoms with E-state index in [1.54, 1.807) is 37.7 Å². The summed E-state index contributed by atoms with van der Waals surface area (Å²) >= 11 is 1.30. The third-order valence-electron chi connectivity index (χ3n) is 2.95. The quantitative estimate of drug-likeness (QED) is 0.787. The molecule has 22 heavy (non-hydrogen) atoms. The van der Waals surface area contributed by atoms with Crippen molar-refractivity contribution in [1.29, 1.82) is 0 Å². The minimum absolute atomic E-state index is 0.212. The summed E-state index contributed by atoms with van der Waals surface area (Å²) in [5.74, 6) is 0.375. The number of benzene rings is 1. The molecule has 112 valence electrons. The van der Waals surface area contributed by atoms with Gasteiger partial charge in [0.25, 0.3) is 5.91 Å². The summed E-state index contributed by atoms with van der Waals surface area (Å²) in [7, 11) is 1.55. The van der Waals surface area contributed by atoms with E-state index in [0.717, 1.165) is 0 Å². The van der Waals surface area contributed by atoms with Crippen LogP contribution in [0.15, 0.2) is 30.0 Å². The highest BCUT2D eigenvalue weighted by Gasteiger charge is 2.13. The van der Waals surface area contributed by atoms with E-state index in [9.17, 15) is 4.79 Å². The highest BCUT2D eigenvalue weighted by atomic mass is 32.1. The van der Waals surface area contributed by atoms with Gasteiger partial charge in [-0.1, -0.05) is 0 Å². The third kappa shape index (κ3) is 2.79. The lowest BCUT2D eigenvalue weighted by Gasteiger charge is -2.09. The van der Waals surface area contributed by atoms with Crippen LogP contribution >= 0.6 is 11.3 Å². The fourth-order valence-corrected chi connectivity index (χ4v) is 2.59. The van der Waals surface area contributed by atoms with Crippen LogP contribution < -0.4 is 10.1 Å². The molecule has 0 unspecified atom stereocenters. The van der Waals surface area contributed by atoms with Crippen LogP contribution in [0.2, 0.25) is 0 Å². The summed E-state index contributed by atoms with van der Waals surface area (Å²) in [5.41, 5.74) is 3.61. The zero-order chi connectivity index (χ0) is 15.5. The second-order valence-corrected chi connectivity index (χ2v) is 5.25. The van der Waals surface area contributed by atoms with Gasteiger partial charge in [0.05, 0.1) is 24.0 Å². The number of ether oxygens (including phenoxy) is 1. The highest BCUT2D eigenvalue weighted by Crippen LogP contribution is 2.24. The van der Waals surface area contributed by atoms with E-state index in [-0.39, 0.29) is 5.91 Å². The topological polar surface area (TPSA) is 94.8 Å². The first-order valence-electron chi connectivity index (χ1n) is 6.31. The van der Waals surface area contributed by atoms with Crippen LogP contribution in [0.3, 0.4) is 0 Å². The minimum Gasteiger partial charge on any atom is -0.497 e. The number of carbonyl (C=O) groups excluding carboxylic acids is 1. The van der Waals surface area contributed by atoms with E-state index in [4.69, 9.17) is 4.74 Å². The van der Waals surface area contributed by atoms with Crippen LogP contribution in [0.1, 0.15) is 15.4 Å². The predicted molar refractivity (Wildman–Crippen MR) is 80.5 cm³/mol. The summed E-state index contributed by atoms with van der Waals surface area (Å²) in [6, 6.07) is 5.25. The Hall–Kier alpha value is -2.81. The normalized spacial score (nSPS) is 10.5. The SMILES string of the molecule is COc1cc(NC(=O)c2scnc2C)cc(-n2cnnn2)c1. The number of methoxy groups -OCH3 is 1. The molecule has 1 N–H and O–H groups in total. The van der Waals surface area contributed by atoms with Gasteiger partial charge in [0, 0.05) is 17.8 Å². The molecule has 0 radical (unpaired) electrons. The number of nitrogens with one attached hydrogen (secondary N) is 1. The molecule has 9 heteroatoms. The van der Waals surface area contributed by atoms with Gasteiger partial charge in [-0.05, 0) is 23.4 Å². The monoisotopic (exact) mass is 316 g/mol. The number of amides is 1. The maximum Gasteiger partial charge on any atom is 0.267 e. The second kappa shape index (κ2) is 5.90. The molecule has 0 fully saturated rings. The molecule has 0 spiro atoms. The van der Waals surface area contributed by atoms with Crippen molar-refractivity contribution in [3.05, 3.63) is 40.6 Å². The number of aryl methyl sites for hydroxylation is 1. The van der Waals surface area contributed by atoms with Crippen molar-refractivity contribution in [2.24, 2.45) is 0 Å². The molecule has 0 saturated heterocycles. The molecular formula is C13H12N6O2S. The smallest absolute Gasteiger partial charge is 0.267 e. The number of anilines is 1. The maximum atomic E-state index is 12.3. The summed E-state index contributed by atoms with van der Waals surface area (Å²) in [6.45, 7) is 1.80. The second-order valence-electron chi connectivity index (χ2n) is 4.40. The Kier molecular flexibility index (Phi) is 3.79. The van der Waals surface area contributed by atoms with Crippen molar-refractivity contribution in [3.8, 4) is 11.4 Å². The molecule has 0 aliphatic carbocycles. The van der Waals surface area contributed by atoms with Crippen LogP contribution in [0.25, 0.3) is 5.69 Å². The molecule has 3 rings (SSSR count). The van der Waals surface area contributed by atoms with Crippen LogP contribution in [-0.2, 0) is 0 Å². The summed E-state index contributed by atoms with van der Waals surface area (Å²) < 4.78 is 6.73. The predicted octanol–water partition coefficient (Wildman–Crippen LogP) is 1.69. The summed E-state index contributed by atoms with van der Waals surface area (Å²) in [4.78, 5) is 16.9. The molecular weight excluding hydrogens is 304 g/mol. The zero-order valence-electron chi connectivity index (χ0n) is 11.8. The van der Waals surface area contributed by atoms with Gasteiger partial charge < -0.3 is 10.1 Å². The molecule has 2 heterocycles. The van der Waals surface area contributed by atoms with Crippen molar-refractivity contribution in [1.82, 2.24) is 25.2 Å². The summed E-state index contributed by atoms with van der Waals surface area (Å²) in [6.07, 6.45) is 1.47. The molecule has 1 amide bonds. The zero-order valence-corrected chi connectivity index (χ0v) is 12.7. The van der Waals surface area contributed by atoms with E-state index in [2.05, 4.69) is 25.8 Å². The number of nitrogens with zero attached hydrogens (tertiary/aromatic N) is 5. The van der Waals surface area contributed by atoms with Crippen LogP contribution in [-0.4, -0.2) is 38.2 Å². The Balaban J connectivity index is 1.92. The molecule has 2 aromatic heterocycles. The van der Waals surface area contributed by atoms with Crippen LogP contribution in [0, 0.1) is 6.92 Å². The van der Waals surface area contributed by atoms with Gasteiger partial charge in [-0.2, -0.15) is 0 Å². The molecule has 0 saturated carbocycles. The Morgan fingerprint density at radius 2 is 2.23 bits per heavy atom. The van der Waals surface area contributed by atoms with Gasteiger partial charge in [-0.3, -0.25) is 4.79 Å². The number of carbonyl (C=O) groups is 1. The van der Waals surface area contributed by atoms with Crippen molar-refractivity contribution >= 4 is 22.9 Å². The molecule has 0 aliphatic heterocycles. The van der Waals surface area contributed by atoms with Crippen molar-refractivity contribution in [3.63, 3.8) is 0 Å². The fourth-order valence-electron chi connectivity index (χ4n) is 1.89. The first-order chi connectivity index (χ1) is 10.7. The third-order valence-corrected chi connectivity index (χ3v) is 3.88. The number of hydrogen-bond donors (Lipinski definition) is 1. The Morgan fingerprint density at radius 3 is 2.86 bits per heavy atom. The van der Waals surface area contributed by atoms with Gasteiger partial charge in [0.2, 0.25) is 0 Å². The molecule has 3 aromatic rings. The van der Waals surface area contributed by atoms with E-state index in [0.29, 0.717) is 27.7 Å². The number of hydrogen-bond acceptors (Lipinski definition) is 7. The Morgan fingerprint density at radius 1 is 1.36 bits per heavy atom. The minimum atomic E-state index is -0.212. The Bertz CT molecular complexity index is 799. The van der Waals surface area contributed by atoms with Crippen molar-refractivity contribution < 1.29 is 9.53 Å². The average Bonchev–Trinajstić information content (AvgIpc) is 3.18. The van der Waals surface area contributed by atoms with Gasteiger partial charge in [-0.25, -0.2) is 9.67 Å². The van der Waals surface area contributed by atoms with E-state index in [1.165, 1.54) is 22.3 Å². The number of rotatable bonds is 4. The lowest BCUT2D eigenvalue weighted by molar-refractivity contribution is 0.103. The van der Waals surface area contributed by atoms with Gasteiger partial charge in [0.1, 0.15) is 17.0 Å². The summed E-state index contributed by atoms with van der Waals surface area (Å²) in [5, 5.41) is 13.8. The lowest BCUT2D eigenvalue weighted by atomic mass is 10.2. The standard InChI is InChI=1S/C13H12N6O2S/c1-8-12(22-7-14-8)13(20)16-9-3-10(5-11(4-9)21-2)19-6-15-17-18-19/h3-7H,1-2H3,(H,16,20). The van der Waals surface area contributed by atoms with Gasteiger partial charge >= 0.3 is 0 Å². The van der Waals surface area contributed by atoms with E-state index < -0.39 is 0 Å². The first-order valence-corrected chi connectivity index (χ1v) is 7.19. The van der Waals surface area contributed by atoms with E-state index >= 15 is 0 Å². The lowest BCUT2D eigenvalue weighted by Crippen LogP contribution is -2.12. The Labute approximate surface area is 129 Å². The van der Waals surface area contributed by atoms with Gasteiger partial charge in [0.15, 0.2) is 0 Å². The average molecular weight is 316 g/mol. The van der Waals surface area contributed by atoms with Gasteiger partial charge in [-0.15, -0.1) is 16.4 Å². The number of aromatic nitrogens is 5. The first kappa shape index (κ1) is 14.1. The molecule has 0 bridgehead atoms. The molecule has 8 nitrogen and oxygen atoms in total. The van der Waals surface area contributed by atoms with Crippen molar-refractivity contribution in [2.75, 3.05) is 12.4 Å². The number of tetrazole rings is 1. The highest BCUT2D eigenvalue weighted by molar-refractivity contribution is 7.12. The molecule has 0 aliphatic rings. The molecule has 0 atom stereocenters. The van der Waals surface area contributed by atoms with Crippen LogP contribution in [0.5, 0.6) is 5.75 Å². The van der Waals surface area contributed by atoms with Crippen molar-refractivity contribution in [2.45, 2.75) is 6.92 Å². The largest absolute Gasteiger partial charge is 0.497 e. The van der Waals surface area contributed by atoms with Crippen LogP contribution in [0.4, 0.5) is 5.69 Å². The maximum absolute atomic E-state index is 12.3. The molecule has 1 aromatic carbocycles. The fraction of sp³-hybridized carbons (Fsp3) is 0.154.